The number of carbonyl (C=O) groups is 1. The predicted molar refractivity (Wildman–Crippen MR) is 93.5 cm³/mol. The number of ether oxygens (including phenoxy) is 1. The Hall–Kier alpha value is -2.81. The van der Waals surface area contributed by atoms with Crippen LogP contribution in [0.4, 0.5) is 5.69 Å². The molecule has 0 bridgehead atoms. The summed E-state index contributed by atoms with van der Waals surface area (Å²) in [5.41, 5.74) is 2.01. The third-order valence-corrected chi connectivity index (χ3v) is 3.86. The second-order valence-electron chi connectivity index (χ2n) is 5.47. The van der Waals surface area contributed by atoms with Crippen molar-refractivity contribution in [2.24, 2.45) is 0 Å². The number of fused-ring (bicyclic) bond motifs is 1. The number of rotatable bonds is 5. The fourth-order valence-electron chi connectivity index (χ4n) is 2.67. The number of carbonyl (C=O) groups excluding carboxylic acids is 1. The molecule has 0 radical (unpaired) electrons. The third-order valence-electron chi connectivity index (χ3n) is 3.86. The summed E-state index contributed by atoms with van der Waals surface area (Å²) in [5, 5.41) is 5.61. The molecule has 0 aromatic heterocycles. The average molecular weight is 305 g/mol. The van der Waals surface area contributed by atoms with E-state index in [-0.39, 0.29) is 5.97 Å². The quantitative estimate of drug-likeness (QED) is 0.723. The van der Waals surface area contributed by atoms with Crippen LogP contribution in [-0.2, 0) is 16.0 Å². The lowest BCUT2D eigenvalue weighted by Gasteiger charge is -2.18. The van der Waals surface area contributed by atoms with Crippen LogP contribution in [0, 0.1) is 0 Å². The lowest BCUT2D eigenvalue weighted by atomic mass is 10.0. The van der Waals surface area contributed by atoms with Crippen LogP contribution < -0.4 is 5.32 Å². The van der Waals surface area contributed by atoms with Crippen LogP contribution in [0.15, 0.2) is 72.8 Å². The molecule has 116 valence electrons. The van der Waals surface area contributed by atoms with Crippen LogP contribution in [0.1, 0.15) is 5.56 Å². The maximum atomic E-state index is 12.1. The van der Waals surface area contributed by atoms with E-state index >= 15 is 0 Å². The average Bonchev–Trinajstić information content (AvgIpc) is 2.61. The van der Waals surface area contributed by atoms with E-state index in [1.54, 1.807) is 0 Å². The van der Waals surface area contributed by atoms with Crippen molar-refractivity contribution in [2.75, 3.05) is 12.4 Å². The van der Waals surface area contributed by atoms with Gasteiger partial charge < -0.3 is 10.1 Å². The molecule has 3 heteroatoms. The normalized spacial score (nSPS) is 11.9. The van der Waals surface area contributed by atoms with Gasteiger partial charge in [0.25, 0.3) is 0 Å². The van der Waals surface area contributed by atoms with Crippen molar-refractivity contribution in [3.8, 4) is 0 Å². The smallest absolute Gasteiger partial charge is 0.328 e. The number of esters is 1. The van der Waals surface area contributed by atoms with E-state index in [1.165, 1.54) is 12.5 Å². The molecule has 0 aliphatic heterocycles. The Bertz CT molecular complexity index is 799. The zero-order chi connectivity index (χ0) is 16.1. The number of anilines is 1. The fourth-order valence-corrected chi connectivity index (χ4v) is 2.67. The Labute approximate surface area is 135 Å². The summed E-state index contributed by atoms with van der Waals surface area (Å²) >= 11 is 0. The molecule has 3 nitrogen and oxygen atoms in total. The molecular formula is C20H19NO2. The maximum absolute atomic E-state index is 12.1. The van der Waals surface area contributed by atoms with E-state index in [2.05, 4.69) is 29.6 Å². The van der Waals surface area contributed by atoms with Crippen molar-refractivity contribution < 1.29 is 9.53 Å². The van der Waals surface area contributed by atoms with E-state index in [9.17, 15) is 4.79 Å². The zero-order valence-electron chi connectivity index (χ0n) is 13.0. The molecule has 0 unspecified atom stereocenters. The first-order valence-corrected chi connectivity index (χ1v) is 7.63. The summed E-state index contributed by atoms with van der Waals surface area (Å²) in [6.45, 7) is 0. The molecule has 1 N–H and O–H groups in total. The van der Waals surface area contributed by atoms with Gasteiger partial charge in [-0.1, -0.05) is 60.7 Å². The molecule has 0 aliphatic rings. The SMILES string of the molecule is COC(=O)[C@H](Cc1ccccc1)Nc1ccc2ccccc2c1. The predicted octanol–water partition coefficient (Wildman–Crippen LogP) is 4.04. The molecule has 3 aromatic rings. The van der Waals surface area contributed by atoms with E-state index in [1.807, 2.05) is 48.5 Å². The van der Waals surface area contributed by atoms with Gasteiger partial charge in [-0.25, -0.2) is 4.79 Å². The van der Waals surface area contributed by atoms with E-state index in [0.717, 1.165) is 16.6 Å². The summed E-state index contributed by atoms with van der Waals surface area (Å²) in [5.74, 6) is -0.262. The summed E-state index contributed by atoms with van der Waals surface area (Å²) in [7, 11) is 1.42. The van der Waals surface area contributed by atoms with Crippen LogP contribution in [0.5, 0.6) is 0 Å². The number of hydrogen-bond donors (Lipinski definition) is 1. The summed E-state index contributed by atoms with van der Waals surface area (Å²) in [6.07, 6.45) is 0.584. The van der Waals surface area contributed by atoms with E-state index in [4.69, 9.17) is 4.74 Å². The van der Waals surface area contributed by atoms with E-state index in [0.29, 0.717) is 6.42 Å². The zero-order valence-corrected chi connectivity index (χ0v) is 13.0. The Morgan fingerprint density at radius 2 is 1.65 bits per heavy atom. The molecule has 0 saturated heterocycles. The van der Waals surface area contributed by atoms with Gasteiger partial charge in [-0.05, 0) is 28.5 Å². The van der Waals surface area contributed by atoms with Gasteiger partial charge in [0.15, 0.2) is 0 Å². The topological polar surface area (TPSA) is 38.3 Å². The first-order chi connectivity index (χ1) is 11.3. The molecule has 0 heterocycles. The van der Waals surface area contributed by atoms with Crippen LogP contribution in [0.2, 0.25) is 0 Å². The van der Waals surface area contributed by atoms with Gasteiger partial charge in [0.1, 0.15) is 6.04 Å². The van der Waals surface area contributed by atoms with Crippen LogP contribution in [-0.4, -0.2) is 19.1 Å². The highest BCUT2D eigenvalue weighted by molar-refractivity contribution is 5.87. The van der Waals surface area contributed by atoms with Crippen molar-refractivity contribution in [1.82, 2.24) is 0 Å². The van der Waals surface area contributed by atoms with Gasteiger partial charge >= 0.3 is 5.97 Å². The first kappa shape index (κ1) is 15.1. The molecule has 1 atom stereocenters. The lowest BCUT2D eigenvalue weighted by Crippen LogP contribution is -2.32. The van der Waals surface area contributed by atoms with Crippen LogP contribution in [0.3, 0.4) is 0 Å². The first-order valence-electron chi connectivity index (χ1n) is 7.63. The van der Waals surface area contributed by atoms with Gasteiger partial charge in [-0.3, -0.25) is 0 Å². The second-order valence-corrected chi connectivity index (χ2v) is 5.47. The minimum atomic E-state index is -0.413. The van der Waals surface area contributed by atoms with Crippen molar-refractivity contribution in [3.05, 3.63) is 78.4 Å². The molecule has 0 amide bonds. The van der Waals surface area contributed by atoms with Crippen LogP contribution >= 0.6 is 0 Å². The third kappa shape index (κ3) is 3.69. The molecule has 3 aromatic carbocycles. The lowest BCUT2D eigenvalue weighted by molar-refractivity contribution is -0.141. The standard InChI is InChI=1S/C20H19NO2/c1-23-20(22)19(13-15-7-3-2-4-8-15)21-18-12-11-16-9-5-6-10-17(16)14-18/h2-12,14,19,21H,13H2,1H3/t19-/m0/s1. The Morgan fingerprint density at radius 3 is 2.39 bits per heavy atom. The van der Waals surface area contributed by atoms with E-state index < -0.39 is 6.04 Å². The fraction of sp³-hybridized carbons (Fsp3) is 0.150. The molecule has 0 spiro atoms. The number of benzene rings is 3. The Kier molecular flexibility index (Phi) is 4.57. The maximum Gasteiger partial charge on any atom is 0.328 e. The highest BCUT2D eigenvalue weighted by atomic mass is 16.5. The summed E-state index contributed by atoms with van der Waals surface area (Å²) in [4.78, 5) is 12.1. The van der Waals surface area contributed by atoms with Gasteiger partial charge in [0.05, 0.1) is 7.11 Å². The molecule has 0 saturated carbocycles. The molecular weight excluding hydrogens is 286 g/mol. The Morgan fingerprint density at radius 1 is 0.957 bits per heavy atom. The van der Waals surface area contributed by atoms with Gasteiger partial charge in [0.2, 0.25) is 0 Å². The van der Waals surface area contributed by atoms with Gasteiger partial charge in [-0.15, -0.1) is 0 Å². The minimum Gasteiger partial charge on any atom is -0.467 e. The highest BCUT2D eigenvalue weighted by Crippen LogP contribution is 2.20. The Balaban J connectivity index is 1.83. The van der Waals surface area contributed by atoms with Crippen molar-refractivity contribution in [3.63, 3.8) is 0 Å². The second kappa shape index (κ2) is 6.97. The van der Waals surface area contributed by atoms with Gasteiger partial charge in [-0.2, -0.15) is 0 Å². The number of nitrogens with one attached hydrogen (secondary N) is 1. The molecule has 0 fully saturated rings. The van der Waals surface area contributed by atoms with Crippen molar-refractivity contribution >= 4 is 22.4 Å². The number of hydrogen-bond acceptors (Lipinski definition) is 3. The highest BCUT2D eigenvalue weighted by Gasteiger charge is 2.19. The largest absolute Gasteiger partial charge is 0.467 e. The van der Waals surface area contributed by atoms with Gasteiger partial charge in [0, 0.05) is 12.1 Å². The monoisotopic (exact) mass is 305 g/mol. The van der Waals surface area contributed by atoms with Crippen molar-refractivity contribution in [1.29, 1.82) is 0 Å². The molecule has 0 aliphatic carbocycles. The summed E-state index contributed by atoms with van der Waals surface area (Å²) < 4.78 is 4.94. The molecule has 3 rings (SSSR count). The summed E-state index contributed by atoms with van der Waals surface area (Å²) in [6, 6.07) is 23.8. The van der Waals surface area contributed by atoms with Crippen molar-refractivity contribution in [2.45, 2.75) is 12.5 Å². The van der Waals surface area contributed by atoms with Crippen LogP contribution in [0.25, 0.3) is 10.8 Å². The number of methoxy groups -OCH3 is 1. The minimum absolute atomic E-state index is 0.262. The molecule has 23 heavy (non-hydrogen) atoms.